The maximum absolute atomic E-state index is 11.8. The third kappa shape index (κ3) is 2.70. The molecule has 17 heavy (non-hydrogen) atoms. The minimum absolute atomic E-state index is 0.270. The lowest BCUT2D eigenvalue weighted by molar-refractivity contribution is -0.0300. The molecule has 5 heteroatoms. The van der Waals surface area contributed by atoms with Crippen LogP contribution in [-0.2, 0) is 0 Å². The summed E-state index contributed by atoms with van der Waals surface area (Å²) in [5, 5.41) is 12.9. The van der Waals surface area contributed by atoms with Crippen LogP contribution in [0.2, 0.25) is 5.02 Å². The van der Waals surface area contributed by atoms with Crippen LogP contribution in [0, 0.1) is 0 Å². The Balaban J connectivity index is 1.99. The highest BCUT2D eigenvalue weighted by Crippen LogP contribution is 2.30. The molecule has 4 nitrogen and oxygen atoms in total. The first-order valence-electron chi connectivity index (χ1n) is 5.56. The van der Waals surface area contributed by atoms with Crippen LogP contribution < -0.4 is 11.1 Å². The molecule has 1 aliphatic carbocycles. The summed E-state index contributed by atoms with van der Waals surface area (Å²) < 4.78 is 0. The molecule has 0 aromatic heterocycles. The number of hydrogen-bond donors (Lipinski definition) is 3. The maximum atomic E-state index is 11.8. The number of hydrogen-bond acceptors (Lipinski definition) is 3. The summed E-state index contributed by atoms with van der Waals surface area (Å²) in [4.78, 5) is 11.8. The Labute approximate surface area is 105 Å². The van der Waals surface area contributed by atoms with Gasteiger partial charge in [-0.3, -0.25) is 4.79 Å². The molecule has 0 bridgehead atoms. The Hall–Kier alpha value is -1.26. The maximum Gasteiger partial charge on any atom is 0.252 e. The molecular weight excluding hydrogens is 240 g/mol. The van der Waals surface area contributed by atoms with Gasteiger partial charge in [-0.1, -0.05) is 11.6 Å². The van der Waals surface area contributed by atoms with Gasteiger partial charge in [-0.05, 0) is 37.5 Å². The molecular formula is C12H15ClN2O2. The van der Waals surface area contributed by atoms with E-state index >= 15 is 0 Å². The van der Waals surface area contributed by atoms with Gasteiger partial charge in [-0.15, -0.1) is 0 Å². The van der Waals surface area contributed by atoms with Crippen molar-refractivity contribution in [1.82, 2.24) is 5.32 Å². The van der Waals surface area contributed by atoms with Crippen LogP contribution in [0.25, 0.3) is 0 Å². The van der Waals surface area contributed by atoms with Crippen molar-refractivity contribution in [2.75, 3.05) is 12.3 Å². The second-order valence-corrected chi connectivity index (χ2v) is 4.91. The van der Waals surface area contributed by atoms with E-state index in [4.69, 9.17) is 17.3 Å². The van der Waals surface area contributed by atoms with E-state index < -0.39 is 5.60 Å². The normalized spacial score (nSPS) is 17.3. The highest BCUT2D eigenvalue weighted by molar-refractivity contribution is 6.34. The standard InChI is InChI=1S/C12H15ClN2O2/c13-10-6-8(14)2-3-9(10)11(16)15-7-12(17)4-1-5-12/h2-3,6,17H,1,4-5,7,14H2,(H,15,16). The number of nitrogens with two attached hydrogens (primary N) is 1. The molecule has 0 aliphatic heterocycles. The lowest BCUT2D eigenvalue weighted by atomic mass is 9.80. The van der Waals surface area contributed by atoms with E-state index in [9.17, 15) is 9.90 Å². The SMILES string of the molecule is Nc1ccc(C(=O)NCC2(O)CCC2)c(Cl)c1. The van der Waals surface area contributed by atoms with Crippen molar-refractivity contribution < 1.29 is 9.90 Å². The Kier molecular flexibility index (Phi) is 3.26. The van der Waals surface area contributed by atoms with Gasteiger partial charge >= 0.3 is 0 Å². The van der Waals surface area contributed by atoms with E-state index in [0.29, 0.717) is 16.3 Å². The number of carbonyl (C=O) groups is 1. The van der Waals surface area contributed by atoms with Crippen LogP contribution >= 0.6 is 11.6 Å². The van der Waals surface area contributed by atoms with Crippen LogP contribution in [0.5, 0.6) is 0 Å². The van der Waals surface area contributed by atoms with E-state index in [-0.39, 0.29) is 12.5 Å². The molecule has 0 radical (unpaired) electrons. The Morgan fingerprint density at radius 3 is 2.76 bits per heavy atom. The summed E-state index contributed by atoms with van der Waals surface area (Å²) in [5.74, 6) is -0.282. The van der Waals surface area contributed by atoms with Gasteiger partial charge in [0.1, 0.15) is 0 Å². The highest BCUT2D eigenvalue weighted by Gasteiger charge is 2.34. The fourth-order valence-corrected chi connectivity index (χ4v) is 2.09. The number of carbonyl (C=O) groups excluding carboxylic acids is 1. The summed E-state index contributed by atoms with van der Waals surface area (Å²) in [6, 6.07) is 4.74. The zero-order chi connectivity index (χ0) is 12.5. The molecule has 1 amide bonds. The number of halogens is 1. The number of anilines is 1. The molecule has 0 atom stereocenters. The first-order valence-corrected chi connectivity index (χ1v) is 5.94. The molecule has 92 valence electrons. The van der Waals surface area contributed by atoms with Gasteiger partial charge in [0.15, 0.2) is 0 Å². The van der Waals surface area contributed by atoms with E-state index in [2.05, 4.69) is 5.32 Å². The molecule has 0 spiro atoms. The van der Waals surface area contributed by atoms with E-state index in [1.165, 1.54) is 6.07 Å². The minimum atomic E-state index is -0.726. The third-order valence-electron chi connectivity index (χ3n) is 3.10. The quantitative estimate of drug-likeness (QED) is 0.717. The van der Waals surface area contributed by atoms with Crippen molar-refractivity contribution in [3.05, 3.63) is 28.8 Å². The Morgan fingerprint density at radius 1 is 1.53 bits per heavy atom. The zero-order valence-electron chi connectivity index (χ0n) is 9.37. The van der Waals surface area contributed by atoms with Crippen molar-refractivity contribution in [2.24, 2.45) is 0 Å². The van der Waals surface area contributed by atoms with Crippen LogP contribution in [0.4, 0.5) is 5.69 Å². The van der Waals surface area contributed by atoms with Crippen molar-refractivity contribution in [3.63, 3.8) is 0 Å². The molecule has 1 saturated carbocycles. The lowest BCUT2D eigenvalue weighted by Crippen LogP contribution is -2.47. The highest BCUT2D eigenvalue weighted by atomic mass is 35.5. The van der Waals surface area contributed by atoms with Crippen molar-refractivity contribution in [2.45, 2.75) is 24.9 Å². The van der Waals surface area contributed by atoms with Crippen LogP contribution in [0.3, 0.4) is 0 Å². The number of amides is 1. The lowest BCUT2D eigenvalue weighted by Gasteiger charge is -2.36. The molecule has 4 N–H and O–H groups in total. The predicted octanol–water partition coefficient (Wildman–Crippen LogP) is 1.57. The number of nitrogen functional groups attached to an aromatic ring is 1. The Morgan fingerprint density at radius 2 is 2.24 bits per heavy atom. The molecule has 1 aliphatic rings. The summed E-state index contributed by atoms with van der Waals surface area (Å²) in [5.41, 5.74) is 5.72. The van der Waals surface area contributed by atoms with Gasteiger partial charge in [-0.25, -0.2) is 0 Å². The molecule has 1 aromatic rings. The van der Waals surface area contributed by atoms with Crippen molar-refractivity contribution in [1.29, 1.82) is 0 Å². The second-order valence-electron chi connectivity index (χ2n) is 4.50. The van der Waals surface area contributed by atoms with Gasteiger partial charge in [0.25, 0.3) is 5.91 Å². The van der Waals surface area contributed by atoms with E-state index in [1.54, 1.807) is 12.1 Å². The van der Waals surface area contributed by atoms with Gasteiger partial charge in [0.05, 0.1) is 16.2 Å². The van der Waals surface area contributed by atoms with Crippen LogP contribution in [0.1, 0.15) is 29.6 Å². The first-order chi connectivity index (χ1) is 8.00. The molecule has 1 fully saturated rings. The zero-order valence-corrected chi connectivity index (χ0v) is 10.1. The summed E-state index contributed by atoms with van der Waals surface area (Å²) in [7, 11) is 0. The van der Waals surface area contributed by atoms with Gasteiger partial charge in [-0.2, -0.15) is 0 Å². The average Bonchev–Trinajstić information content (AvgIpc) is 2.23. The topological polar surface area (TPSA) is 75.4 Å². The fraction of sp³-hybridized carbons (Fsp3) is 0.417. The summed E-state index contributed by atoms with van der Waals surface area (Å²) >= 11 is 5.92. The number of rotatable bonds is 3. The second kappa shape index (κ2) is 4.55. The molecule has 1 aromatic carbocycles. The van der Waals surface area contributed by atoms with Crippen LogP contribution in [-0.4, -0.2) is 23.2 Å². The molecule has 0 unspecified atom stereocenters. The summed E-state index contributed by atoms with van der Waals surface area (Å²) in [6.45, 7) is 0.270. The van der Waals surface area contributed by atoms with E-state index in [0.717, 1.165) is 19.3 Å². The smallest absolute Gasteiger partial charge is 0.252 e. The average molecular weight is 255 g/mol. The molecule has 0 saturated heterocycles. The summed E-state index contributed by atoms with van der Waals surface area (Å²) in [6.07, 6.45) is 2.49. The minimum Gasteiger partial charge on any atom is -0.399 e. The third-order valence-corrected chi connectivity index (χ3v) is 3.41. The number of benzene rings is 1. The van der Waals surface area contributed by atoms with Gasteiger partial charge < -0.3 is 16.2 Å². The molecule has 0 heterocycles. The van der Waals surface area contributed by atoms with E-state index in [1.807, 2.05) is 0 Å². The molecule has 2 rings (SSSR count). The fourth-order valence-electron chi connectivity index (χ4n) is 1.82. The largest absolute Gasteiger partial charge is 0.399 e. The number of aliphatic hydroxyl groups is 1. The van der Waals surface area contributed by atoms with Crippen molar-refractivity contribution >= 4 is 23.2 Å². The van der Waals surface area contributed by atoms with Crippen molar-refractivity contribution in [3.8, 4) is 0 Å². The first kappa shape index (κ1) is 12.2. The number of nitrogens with one attached hydrogen (secondary N) is 1. The predicted molar refractivity (Wildman–Crippen MR) is 67.0 cm³/mol. The monoisotopic (exact) mass is 254 g/mol. The Bertz CT molecular complexity index is 444. The van der Waals surface area contributed by atoms with Gasteiger partial charge in [0, 0.05) is 12.2 Å². The van der Waals surface area contributed by atoms with Crippen LogP contribution in [0.15, 0.2) is 18.2 Å². The van der Waals surface area contributed by atoms with Gasteiger partial charge in [0.2, 0.25) is 0 Å².